The van der Waals surface area contributed by atoms with Crippen molar-refractivity contribution in [3.05, 3.63) is 0 Å². The van der Waals surface area contributed by atoms with Gasteiger partial charge in [0, 0.05) is 0 Å². The fourth-order valence-electron chi connectivity index (χ4n) is 1.58. The van der Waals surface area contributed by atoms with Gasteiger partial charge in [0.15, 0.2) is 0 Å². The normalized spacial score (nSPS) is 17.8. The molecule has 0 atom stereocenters. The molecule has 4 heteroatoms. The zero-order chi connectivity index (χ0) is 7.23. The molecule has 0 saturated carbocycles. The zero-order valence-corrected chi connectivity index (χ0v) is 9.05. The quantitative estimate of drug-likeness (QED) is 0.749. The van der Waals surface area contributed by atoms with Crippen molar-refractivity contribution in [3.8, 4) is 0 Å². The molecule has 0 aliphatic carbocycles. The average molecular weight is 215 g/mol. The van der Waals surface area contributed by atoms with Gasteiger partial charge in [-0.2, -0.15) is 0 Å². The van der Waals surface area contributed by atoms with Crippen LogP contribution in [0.3, 0.4) is 0 Å². The second-order valence-electron chi connectivity index (χ2n) is 3.12. The van der Waals surface area contributed by atoms with Gasteiger partial charge in [-0.05, 0) is 51.2 Å². The van der Waals surface area contributed by atoms with Crippen molar-refractivity contribution in [2.45, 2.75) is 25.7 Å². The van der Waals surface area contributed by atoms with Gasteiger partial charge in [-0.25, -0.2) is 0 Å². The summed E-state index contributed by atoms with van der Waals surface area (Å²) < 4.78 is 0. The summed E-state index contributed by atoms with van der Waals surface area (Å²) in [4.78, 5) is 0. The standard InChI is InChI=1S/C8H18N2.2ClH/c9-5-1-2-8-3-6-10-7-4-8;;/h8,10H,1-7,9H2;2*1H. The molecule has 0 spiro atoms. The average Bonchev–Trinajstić information content (AvgIpc) is 2.03. The largest absolute Gasteiger partial charge is 0.330 e. The molecule has 1 aliphatic heterocycles. The molecule has 1 heterocycles. The summed E-state index contributed by atoms with van der Waals surface area (Å²) in [6, 6.07) is 0. The Morgan fingerprint density at radius 3 is 2.25 bits per heavy atom. The first-order chi connectivity index (χ1) is 4.93. The van der Waals surface area contributed by atoms with E-state index in [1.807, 2.05) is 0 Å². The van der Waals surface area contributed by atoms with Crippen molar-refractivity contribution in [2.75, 3.05) is 19.6 Å². The van der Waals surface area contributed by atoms with Crippen LogP contribution in [0.5, 0.6) is 0 Å². The highest BCUT2D eigenvalue weighted by Crippen LogP contribution is 2.16. The highest BCUT2D eigenvalue weighted by atomic mass is 35.5. The van der Waals surface area contributed by atoms with Crippen LogP contribution in [-0.4, -0.2) is 19.6 Å². The van der Waals surface area contributed by atoms with Crippen LogP contribution in [0.4, 0.5) is 0 Å². The molecule has 0 aromatic carbocycles. The summed E-state index contributed by atoms with van der Waals surface area (Å²) in [6.07, 6.45) is 5.28. The van der Waals surface area contributed by atoms with Gasteiger partial charge in [0.25, 0.3) is 0 Å². The van der Waals surface area contributed by atoms with Gasteiger partial charge in [-0.3, -0.25) is 0 Å². The molecular weight excluding hydrogens is 195 g/mol. The Bertz CT molecular complexity index is 85.1. The number of nitrogens with two attached hydrogens (primary N) is 1. The summed E-state index contributed by atoms with van der Waals surface area (Å²) in [5, 5.41) is 3.36. The molecule has 0 aromatic heterocycles. The van der Waals surface area contributed by atoms with Crippen LogP contribution in [0, 0.1) is 5.92 Å². The highest BCUT2D eigenvalue weighted by molar-refractivity contribution is 5.85. The van der Waals surface area contributed by atoms with Crippen LogP contribution in [0.15, 0.2) is 0 Å². The summed E-state index contributed by atoms with van der Waals surface area (Å²) in [6.45, 7) is 3.30. The lowest BCUT2D eigenvalue weighted by molar-refractivity contribution is 0.349. The molecule has 0 amide bonds. The number of halogens is 2. The third kappa shape index (κ3) is 6.06. The van der Waals surface area contributed by atoms with E-state index in [-0.39, 0.29) is 24.8 Å². The fourth-order valence-corrected chi connectivity index (χ4v) is 1.58. The minimum absolute atomic E-state index is 0. The van der Waals surface area contributed by atoms with Crippen LogP contribution in [0.2, 0.25) is 0 Å². The van der Waals surface area contributed by atoms with Crippen molar-refractivity contribution in [1.29, 1.82) is 0 Å². The van der Waals surface area contributed by atoms with Crippen molar-refractivity contribution in [2.24, 2.45) is 11.7 Å². The summed E-state index contributed by atoms with van der Waals surface area (Å²) in [7, 11) is 0. The predicted molar refractivity (Wildman–Crippen MR) is 58.4 cm³/mol. The summed E-state index contributed by atoms with van der Waals surface area (Å²) >= 11 is 0. The Labute approximate surface area is 87.5 Å². The van der Waals surface area contributed by atoms with Gasteiger partial charge >= 0.3 is 0 Å². The van der Waals surface area contributed by atoms with Crippen molar-refractivity contribution < 1.29 is 0 Å². The van der Waals surface area contributed by atoms with Gasteiger partial charge in [0.05, 0.1) is 0 Å². The Kier molecular flexibility index (Phi) is 12.0. The maximum absolute atomic E-state index is 5.43. The lowest BCUT2D eigenvalue weighted by Crippen LogP contribution is -2.27. The number of hydrogen-bond donors (Lipinski definition) is 2. The minimum Gasteiger partial charge on any atom is -0.330 e. The monoisotopic (exact) mass is 214 g/mol. The number of rotatable bonds is 3. The molecular formula is C8H20Cl2N2. The Morgan fingerprint density at radius 1 is 1.17 bits per heavy atom. The van der Waals surface area contributed by atoms with Crippen LogP contribution in [0.25, 0.3) is 0 Å². The van der Waals surface area contributed by atoms with E-state index in [1.54, 1.807) is 0 Å². The van der Waals surface area contributed by atoms with Crippen molar-refractivity contribution >= 4 is 24.8 Å². The van der Waals surface area contributed by atoms with Gasteiger partial charge < -0.3 is 11.1 Å². The van der Waals surface area contributed by atoms with Crippen molar-refractivity contribution in [3.63, 3.8) is 0 Å². The van der Waals surface area contributed by atoms with Crippen molar-refractivity contribution in [1.82, 2.24) is 5.32 Å². The van der Waals surface area contributed by atoms with Crippen LogP contribution < -0.4 is 11.1 Å². The molecule has 1 aliphatic rings. The molecule has 3 N–H and O–H groups in total. The SMILES string of the molecule is Cl.Cl.NCCCC1CCNCC1. The topological polar surface area (TPSA) is 38.0 Å². The maximum atomic E-state index is 5.43. The molecule has 0 aromatic rings. The maximum Gasteiger partial charge on any atom is -0.00463 e. The van der Waals surface area contributed by atoms with Crippen LogP contribution in [0.1, 0.15) is 25.7 Å². The van der Waals surface area contributed by atoms with Gasteiger partial charge in [0.1, 0.15) is 0 Å². The molecule has 2 nitrogen and oxygen atoms in total. The lowest BCUT2D eigenvalue weighted by Gasteiger charge is -2.21. The molecule has 1 saturated heterocycles. The van der Waals surface area contributed by atoms with E-state index in [1.165, 1.54) is 38.8 Å². The Balaban J connectivity index is 0. The molecule has 0 unspecified atom stereocenters. The number of hydrogen-bond acceptors (Lipinski definition) is 2. The van der Waals surface area contributed by atoms with E-state index in [0.29, 0.717) is 0 Å². The highest BCUT2D eigenvalue weighted by Gasteiger charge is 2.11. The molecule has 1 rings (SSSR count). The smallest absolute Gasteiger partial charge is 0.00463 e. The summed E-state index contributed by atoms with van der Waals surface area (Å²) in [5.41, 5.74) is 5.43. The molecule has 12 heavy (non-hydrogen) atoms. The lowest BCUT2D eigenvalue weighted by atomic mass is 9.93. The first-order valence-corrected chi connectivity index (χ1v) is 4.34. The third-order valence-corrected chi connectivity index (χ3v) is 2.28. The fraction of sp³-hybridized carbons (Fsp3) is 1.00. The molecule has 1 fully saturated rings. The first kappa shape index (κ1) is 15.0. The van der Waals surface area contributed by atoms with E-state index >= 15 is 0 Å². The Hall–Kier alpha value is 0.500. The van der Waals surface area contributed by atoms with E-state index < -0.39 is 0 Å². The second kappa shape index (κ2) is 9.59. The first-order valence-electron chi connectivity index (χ1n) is 4.34. The Morgan fingerprint density at radius 2 is 1.75 bits per heavy atom. The van der Waals surface area contributed by atoms with E-state index in [4.69, 9.17) is 5.73 Å². The predicted octanol–water partition coefficient (Wildman–Crippen LogP) is 1.57. The van der Waals surface area contributed by atoms with Gasteiger partial charge in [-0.1, -0.05) is 0 Å². The third-order valence-electron chi connectivity index (χ3n) is 2.28. The van der Waals surface area contributed by atoms with E-state index in [2.05, 4.69) is 5.32 Å². The zero-order valence-electron chi connectivity index (χ0n) is 7.42. The van der Waals surface area contributed by atoms with E-state index in [0.717, 1.165) is 12.5 Å². The van der Waals surface area contributed by atoms with Crippen LogP contribution >= 0.6 is 24.8 Å². The molecule has 0 bridgehead atoms. The van der Waals surface area contributed by atoms with Gasteiger partial charge in [0.2, 0.25) is 0 Å². The molecule has 76 valence electrons. The van der Waals surface area contributed by atoms with Gasteiger partial charge in [-0.15, -0.1) is 24.8 Å². The second-order valence-corrected chi connectivity index (χ2v) is 3.12. The number of piperidine rings is 1. The molecule has 0 radical (unpaired) electrons. The summed E-state index contributed by atoms with van der Waals surface area (Å²) in [5.74, 6) is 0.963. The minimum atomic E-state index is 0. The number of nitrogens with one attached hydrogen (secondary N) is 1. The van der Waals surface area contributed by atoms with E-state index in [9.17, 15) is 0 Å². The van der Waals surface area contributed by atoms with Crippen LogP contribution in [-0.2, 0) is 0 Å².